The van der Waals surface area contributed by atoms with Crippen molar-refractivity contribution in [2.45, 2.75) is 40.7 Å². The van der Waals surface area contributed by atoms with Gasteiger partial charge in [0.1, 0.15) is 5.75 Å². The fourth-order valence-corrected chi connectivity index (χ4v) is 2.90. The first-order valence-corrected chi connectivity index (χ1v) is 8.64. The maximum absolute atomic E-state index is 12.6. The van der Waals surface area contributed by atoms with E-state index < -0.39 is 0 Å². The molecule has 0 aliphatic rings. The van der Waals surface area contributed by atoms with Crippen molar-refractivity contribution in [1.82, 2.24) is 5.32 Å². The summed E-state index contributed by atoms with van der Waals surface area (Å²) in [7, 11) is 0. The van der Waals surface area contributed by atoms with Crippen molar-refractivity contribution in [3.8, 4) is 5.75 Å². The van der Waals surface area contributed by atoms with Crippen LogP contribution in [0, 0.1) is 20.8 Å². The number of thiocarbonyl (C=S) groups is 1. The van der Waals surface area contributed by atoms with Crippen LogP contribution in [-0.2, 0) is 0 Å². The van der Waals surface area contributed by atoms with Gasteiger partial charge >= 0.3 is 0 Å². The molecular formula is C20H24N2O2S. The number of benzene rings is 2. The number of para-hydroxylation sites is 1. The lowest BCUT2D eigenvalue weighted by atomic mass is 10.1. The minimum atomic E-state index is -0.295. The van der Waals surface area contributed by atoms with E-state index in [2.05, 4.69) is 29.7 Å². The van der Waals surface area contributed by atoms with E-state index in [0.29, 0.717) is 11.3 Å². The van der Waals surface area contributed by atoms with Gasteiger partial charge in [0.15, 0.2) is 5.11 Å². The van der Waals surface area contributed by atoms with Crippen LogP contribution in [0.3, 0.4) is 0 Å². The van der Waals surface area contributed by atoms with Gasteiger partial charge in [-0.05, 0) is 70.1 Å². The highest BCUT2D eigenvalue weighted by Crippen LogP contribution is 2.22. The maximum Gasteiger partial charge on any atom is 0.261 e. The van der Waals surface area contributed by atoms with E-state index in [1.54, 1.807) is 18.2 Å². The van der Waals surface area contributed by atoms with Crippen LogP contribution < -0.4 is 15.4 Å². The molecule has 2 aromatic carbocycles. The Hall–Kier alpha value is -2.40. The van der Waals surface area contributed by atoms with Crippen molar-refractivity contribution in [1.29, 1.82) is 0 Å². The molecule has 0 aliphatic carbocycles. The number of carbonyl (C=O) groups excluding carboxylic acids is 1. The number of ether oxygens (including phenoxy) is 1. The molecule has 0 unspecified atom stereocenters. The van der Waals surface area contributed by atoms with Gasteiger partial charge in [0.25, 0.3) is 5.91 Å². The third kappa shape index (κ3) is 5.03. The molecule has 0 saturated carbocycles. The summed E-state index contributed by atoms with van der Waals surface area (Å²) in [4.78, 5) is 12.6. The lowest BCUT2D eigenvalue weighted by molar-refractivity contribution is 0.0972. The number of amides is 1. The quantitative estimate of drug-likeness (QED) is 0.791. The van der Waals surface area contributed by atoms with Crippen LogP contribution >= 0.6 is 12.2 Å². The zero-order chi connectivity index (χ0) is 18.6. The molecule has 0 atom stereocenters. The Morgan fingerprint density at radius 1 is 1.08 bits per heavy atom. The van der Waals surface area contributed by atoms with E-state index in [4.69, 9.17) is 17.0 Å². The average molecular weight is 356 g/mol. The standard InChI is InChI=1S/C20H24N2O2S/c1-12(2)24-17-9-7-6-8-16(17)19(23)22-20(25)21-18-14(4)10-13(3)11-15(18)5/h6-12H,1-5H3,(H2,21,22,23,25). The van der Waals surface area contributed by atoms with Crippen LogP contribution in [0.1, 0.15) is 40.9 Å². The number of hydrogen-bond acceptors (Lipinski definition) is 3. The monoisotopic (exact) mass is 356 g/mol. The van der Waals surface area contributed by atoms with Crippen LogP contribution in [0.4, 0.5) is 5.69 Å². The zero-order valence-corrected chi connectivity index (χ0v) is 16.1. The summed E-state index contributed by atoms with van der Waals surface area (Å²) in [5.41, 5.74) is 4.73. The molecule has 132 valence electrons. The second kappa shape index (κ2) is 8.12. The molecule has 0 spiro atoms. The lowest BCUT2D eigenvalue weighted by Crippen LogP contribution is -2.34. The van der Waals surface area contributed by atoms with Gasteiger partial charge in [-0.25, -0.2) is 0 Å². The maximum atomic E-state index is 12.6. The SMILES string of the molecule is Cc1cc(C)c(NC(=S)NC(=O)c2ccccc2OC(C)C)c(C)c1. The molecule has 0 heterocycles. The van der Waals surface area contributed by atoms with Crippen molar-refractivity contribution < 1.29 is 9.53 Å². The van der Waals surface area contributed by atoms with Gasteiger partial charge in [-0.2, -0.15) is 0 Å². The number of carbonyl (C=O) groups is 1. The number of nitrogens with one attached hydrogen (secondary N) is 2. The molecular weight excluding hydrogens is 332 g/mol. The number of aryl methyl sites for hydroxylation is 3. The minimum Gasteiger partial charge on any atom is -0.490 e. The molecule has 2 N–H and O–H groups in total. The fourth-order valence-electron chi connectivity index (χ4n) is 2.70. The molecule has 4 nitrogen and oxygen atoms in total. The van der Waals surface area contributed by atoms with Crippen molar-refractivity contribution in [2.24, 2.45) is 0 Å². The summed E-state index contributed by atoms with van der Waals surface area (Å²) in [6, 6.07) is 11.3. The third-order valence-corrected chi connectivity index (χ3v) is 3.84. The fraction of sp³-hybridized carbons (Fsp3) is 0.300. The molecule has 25 heavy (non-hydrogen) atoms. The van der Waals surface area contributed by atoms with E-state index in [1.165, 1.54) is 5.56 Å². The average Bonchev–Trinajstić information content (AvgIpc) is 2.50. The largest absolute Gasteiger partial charge is 0.490 e. The predicted octanol–water partition coefficient (Wildman–Crippen LogP) is 4.53. The van der Waals surface area contributed by atoms with Gasteiger partial charge in [-0.3, -0.25) is 10.1 Å². The van der Waals surface area contributed by atoms with Crippen molar-refractivity contribution in [3.63, 3.8) is 0 Å². The first-order valence-electron chi connectivity index (χ1n) is 8.23. The van der Waals surface area contributed by atoms with Gasteiger partial charge in [0.05, 0.1) is 11.7 Å². The number of hydrogen-bond donors (Lipinski definition) is 2. The Labute approximate surface area is 154 Å². The highest BCUT2D eigenvalue weighted by molar-refractivity contribution is 7.80. The number of anilines is 1. The summed E-state index contributed by atoms with van der Waals surface area (Å²) in [6.45, 7) is 9.92. The van der Waals surface area contributed by atoms with Crippen molar-refractivity contribution >= 4 is 28.9 Å². The summed E-state index contributed by atoms with van der Waals surface area (Å²) < 4.78 is 5.69. The van der Waals surface area contributed by atoms with Crippen LogP contribution in [0.25, 0.3) is 0 Å². The van der Waals surface area contributed by atoms with E-state index in [0.717, 1.165) is 16.8 Å². The van der Waals surface area contributed by atoms with Gasteiger partial charge in [0, 0.05) is 5.69 Å². The Kier molecular flexibility index (Phi) is 6.15. The van der Waals surface area contributed by atoms with Crippen molar-refractivity contribution in [2.75, 3.05) is 5.32 Å². The van der Waals surface area contributed by atoms with Crippen LogP contribution in [-0.4, -0.2) is 17.1 Å². The molecule has 0 aromatic heterocycles. The molecule has 2 rings (SSSR count). The normalized spacial score (nSPS) is 10.5. The molecule has 1 amide bonds. The highest BCUT2D eigenvalue weighted by atomic mass is 32.1. The lowest BCUT2D eigenvalue weighted by Gasteiger charge is -2.17. The van der Waals surface area contributed by atoms with Crippen LogP contribution in [0.5, 0.6) is 5.75 Å². The van der Waals surface area contributed by atoms with Crippen LogP contribution in [0.15, 0.2) is 36.4 Å². The third-order valence-electron chi connectivity index (χ3n) is 3.64. The molecule has 0 radical (unpaired) electrons. The van der Waals surface area contributed by atoms with Crippen molar-refractivity contribution in [3.05, 3.63) is 58.7 Å². The Bertz CT molecular complexity index is 777. The molecule has 0 aliphatic heterocycles. The number of rotatable bonds is 4. The second-order valence-corrected chi connectivity index (χ2v) is 6.75. The van der Waals surface area contributed by atoms with Gasteiger partial charge < -0.3 is 10.1 Å². The Morgan fingerprint density at radius 3 is 2.28 bits per heavy atom. The summed E-state index contributed by atoms with van der Waals surface area (Å²) in [5.74, 6) is 0.247. The van der Waals surface area contributed by atoms with Gasteiger partial charge in [-0.15, -0.1) is 0 Å². The summed E-state index contributed by atoms with van der Waals surface area (Å²) in [6.07, 6.45) is -0.0168. The first kappa shape index (κ1) is 18.9. The molecule has 0 bridgehead atoms. The second-order valence-electron chi connectivity index (χ2n) is 6.34. The van der Waals surface area contributed by atoms with E-state index in [-0.39, 0.29) is 17.1 Å². The summed E-state index contributed by atoms with van der Waals surface area (Å²) in [5, 5.41) is 6.12. The molecule has 0 saturated heterocycles. The van der Waals surface area contributed by atoms with E-state index in [1.807, 2.05) is 33.8 Å². The topological polar surface area (TPSA) is 50.4 Å². The Morgan fingerprint density at radius 2 is 1.68 bits per heavy atom. The smallest absolute Gasteiger partial charge is 0.261 e. The zero-order valence-electron chi connectivity index (χ0n) is 15.3. The molecule has 5 heteroatoms. The van der Waals surface area contributed by atoms with Crippen LogP contribution in [0.2, 0.25) is 0 Å². The molecule has 0 fully saturated rings. The minimum absolute atomic E-state index is 0.0168. The highest BCUT2D eigenvalue weighted by Gasteiger charge is 2.15. The summed E-state index contributed by atoms with van der Waals surface area (Å²) >= 11 is 5.31. The first-order chi connectivity index (χ1) is 11.8. The predicted molar refractivity (Wildman–Crippen MR) is 107 cm³/mol. The Balaban J connectivity index is 2.13. The molecule has 2 aromatic rings. The van der Waals surface area contributed by atoms with Gasteiger partial charge in [0.2, 0.25) is 0 Å². The van der Waals surface area contributed by atoms with E-state index >= 15 is 0 Å². The van der Waals surface area contributed by atoms with Gasteiger partial charge in [-0.1, -0.05) is 29.8 Å². The van der Waals surface area contributed by atoms with E-state index in [9.17, 15) is 4.79 Å².